The molecule has 3 aromatic rings. The van der Waals surface area contributed by atoms with Crippen molar-refractivity contribution < 1.29 is 23.0 Å². The highest BCUT2D eigenvalue weighted by Crippen LogP contribution is 2.34. The van der Waals surface area contributed by atoms with Crippen molar-refractivity contribution in [3.8, 4) is 17.0 Å². The van der Waals surface area contributed by atoms with Crippen LogP contribution in [-0.2, 0) is 11.3 Å². The number of anilines is 1. The van der Waals surface area contributed by atoms with Gasteiger partial charge in [-0.2, -0.15) is 0 Å². The normalized spacial score (nSPS) is 13.7. The van der Waals surface area contributed by atoms with Crippen LogP contribution in [0.15, 0.2) is 60.8 Å². The number of benzene rings is 2. The minimum Gasteiger partial charge on any atom is -0.474 e. The Morgan fingerprint density at radius 1 is 1.03 bits per heavy atom. The summed E-state index contributed by atoms with van der Waals surface area (Å²) in [4.78, 5) is 16.2. The molecule has 5 nitrogen and oxygen atoms in total. The molecule has 1 amide bonds. The van der Waals surface area contributed by atoms with E-state index < -0.39 is 23.4 Å². The summed E-state index contributed by atoms with van der Waals surface area (Å²) in [6.07, 6.45) is 4.76. The fraction of sp³-hybridized carbons (Fsp3) is 0.250. The third kappa shape index (κ3) is 5.17. The Morgan fingerprint density at radius 3 is 2.45 bits per heavy atom. The molecule has 0 spiro atoms. The number of pyridine rings is 1. The van der Waals surface area contributed by atoms with Crippen LogP contribution in [0.1, 0.15) is 31.2 Å². The number of amides is 1. The lowest BCUT2D eigenvalue weighted by Gasteiger charge is -2.16. The number of hydrogen-bond donors (Lipinski definition) is 1. The lowest BCUT2D eigenvalue weighted by Crippen LogP contribution is -2.16. The maximum absolute atomic E-state index is 14.7. The standard InChI is InChI=1S/C24H22F2N2O3/c25-20-13-17(19-11-6-12-27-23(19)31-18-9-4-5-10-18)14-21(26)22(20)28-24(29)30-15-16-7-2-1-3-8-16/h1-3,6-8,11-14,18H,4-5,9-10,15H2,(H,28,29). The second-order valence-corrected chi connectivity index (χ2v) is 7.38. The van der Waals surface area contributed by atoms with Gasteiger partial charge < -0.3 is 9.47 Å². The van der Waals surface area contributed by atoms with E-state index in [2.05, 4.69) is 10.3 Å². The first kappa shape index (κ1) is 20.8. The third-order valence-electron chi connectivity index (χ3n) is 5.14. The molecule has 1 aromatic heterocycles. The molecule has 7 heteroatoms. The van der Waals surface area contributed by atoms with Crippen LogP contribution in [0.5, 0.6) is 5.88 Å². The van der Waals surface area contributed by atoms with E-state index in [9.17, 15) is 13.6 Å². The Labute approximate surface area is 179 Å². The maximum atomic E-state index is 14.7. The van der Waals surface area contributed by atoms with Crippen molar-refractivity contribution in [3.05, 3.63) is 78.0 Å². The number of hydrogen-bond acceptors (Lipinski definition) is 4. The van der Waals surface area contributed by atoms with Gasteiger partial charge in [0.25, 0.3) is 0 Å². The van der Waals surface area contributed by atoms with E-state index in [4.69, 9.17) is 9.47 Å². The number of ether oxygens (including phenoxy) is 2. The molecule has 1 fully saturated rings. The Morgan fingerprint density at radius 2 is 1.74 bits per heavy atom. The van der Waals surface area contributed by atoms with Crippen LogP contribution in [0.3, 0.4) is 0 Å². The fourth-order valence-electron chi connectivity index (χ4n) is 3.58. The molecule has 0 saturated heterocycles. The first-order valence-electron chi connectivity index (χ1n) is 10.2. The second kappa shape index (κ2) is 9.55. The molecular weight excluding hydrogens is 402 g/mol. The quantitative estimate of drug-likeness (QED) is 0.520. The van der Waals surface area contributed by atoms with E-state index >= 15 is 0 Å². The zero-order valence-corrected chi connectivity index (χ0v) is 16.8. The number of carbonyl (C=O) groups excluding carboxylic acids is 1. The van der Waals surface area contributed by atoms with Gasteiger partial charge in [0.2, 0.25) is 5.88 Å². The molecule has 1 aliphatic carbocycles. The van der Waals surface area contributed by atoms with Gasteiger partial charge in [0.1, 0.15) is 30.0 Å². The zero-order chi connectivity index (χ0) is 21.6. The van der Waals surface area contributed by atoms with Crippen molar-refractivity contribution >= 4 is 11.8 Å². The number of carbonyl (C=O) groups is 1. The predicted octanol–water partition coefficient (Wildman–Crippen LogP) is 6.10. The Bertz CT molecular complexity index is 1030. The maximum Gasteiger partial charge on any atom is 0.412 e. The van der Waals surface area contributed by atoms with Gasteiger partial charge in [-0.1, -0.05) is 30.3 Å². The molecule has 2 aromatic carbocycles. The number of rotatable bonds is 6. The summed E-state index contributed by atoms with van der Waals surface area (Å²) in [5.74, 6) is -1.49. The zero-order valence-electron chi connectivity index (χ0n) is 16.8. The van der Waals surface area contributed by atoms with Crippen molar-refractivity contribution in [2.75, 3.05) is 5.32 Å². The van der Waals surface area contributed by atoms with Crippen LogP contribution in [0.2, 0.25) is 0 Å². The summed E-state index contributed by atoms with van der Waals surface area (Å²) in [6.45, 7) is -0.00839. The van der Waals surface area contributed by atoms with E-state index in [1.165, 1.54) is 0 Å². The van der Waals surface area contributed by atoms with Crippen molar-refractivity contribution in [2.45, 2.75) is 38.4 Å². The van der Waals surface area contributed by atoms with Gasteiger partial charge >= 0.3 is 6.09 Å². The highest BCUT2D eigenvalue weighted by atomic mass is 19.1. The van der Waals surface area contributed by atoms with E-state index in [0.29, 0.717) is 11.4 Å². The number of halogens is 2. The summed E-state index contributed by atoms with van der Waals surface area (Å²) in [7, 11) is 0. The molecular formula is C24H22F2N2O3. The lowest BCUT2D eigenvalue weighted by atomic mass is 10.1. The molecule has 160 valence electrons. The summed E-state index contributed by atoms with van der Waals surface area (Å²) in [5, 5.41) is 2.14. The van der Waals surface area contributed by atoms with E-state index in [-0.39, 0.29) is 18.3 Å². The molecule has 4 rings (SSSR count). The van der Waals surface area contributed by atoms with E-state index in [1.807, 2.05) is 6.07 Å². The van der Waals surface area contributed by atoms with Gasteiger partial charge in [-0.05, 0) is 61.1 Å². The first-order chi connectivity index (χ1) is 15.1. The van der Waals surface area contributed by atoms with Crippen molar-refractivity contribution in [2.24, 2.45) is 0 Å². The lowest BCUT2D eigenvalue weighted by molar-refractivity contribution is 0.155. The van der Waals surface area contributed by atoms with Crippen LogP contribution in [0, 0.1) is 11.6 Å². The molecule has 0 atom stereocenters. The van der Waals surface area contributed by atoms with Crippen LogP contribution < -0.4 is 10.1 Å². The highest BCUT2D eigenvalue weighted by Gasteiger charge is 2.21. The van der Waals surface area contributed by atoms with Gasteiger partial charge in [-0.3, -0.25) is 5.32 Å². The van der Waals surface area contributed by atoms with Crippen molar-refractivity contribution in [1.29, 1.82) is 0 Å². The predicted molar refractivity (Wildman–Crippen MR) is 113 cm³/mol. The van der Waals surface area contributed by atoms with E-state index in [1.54, 1.807) is 42.6 Å². The van der Waals surface area contributed by atoms with Gasteiger partial charge in [0.15, 0.2) is 0 Å². The number of nitrogens with zero attached hydrogens (tertiary/aromatic N) is 1. The minimum absolute atomic E-state index is 0.00839. The Hall–Kier alpha value is -3.48. The van der Waals surface area contributed by atoms with Crippen molar-refractivity contribution in [3.63, 3.8) is 0 Å². The SMILES string of the molecule is O=C(Nc1c(F)cc(-c2cccnc2OC2CCCC2)cc1F)OCc1ccccc1. The van der Waals surface area contributed by atoms with Crippen LogP contribution in [-0.4, -0.2) is 17.2 Å². The Balaban J connectivity index is 1.49. The second-order valence-electron chi connectivity index (χ2n) is 7.38. The van der Waals surface area contributed by atoms with Crippen molar-refractivity contribution in [1.82, 2.24) is 4.98 Å². The fourth-order valence-corrected chi connectivity index (χ4v) is 3.58. The van der Waals surface area contributed by atoms with Crippen LogP contribution >= 0.6 is 0 Å². The summed E-state index contributed by atoms with van der Waals surface area (Å²) >= 11 is 0. The molecule has 1 heterocycles. The van der Waals surface area contributed by atoms with Gasteiger partial charge in [-0.15, -0.1) is 0 Å². The van der Waals surface area contributed by atoms with Gasteiger partial charge in [0.05, 0.1) is 0 Å². The minimum atomic E-state index is -0.943. The average molecular weight is 424 g/mol. The summed E-state index contributed by atoms with van der Waals surface area (Å²) in [5.41, 5.74) is 0.967. The molecule has 0 aliphatic heterocycles. The van der Waals surface area contributed by atoms with Crippen LogP contribution in [0.4, 0.5) is 19.3 Å². The van der Waals surface area contributed by atoms with Crippen LogP contribution in [0.25, 0.3) is 11.1 Å². The van der Waals surface area contributed by atoms with E-state index in [0.717, 1.165) is 43.4 Å². The topological polar surface area (TPSA) is 60.5 Å². The molecule has 1 saturated carbocycles. The smallest absolute Gasteiger partial charge is 0.412 e. The molecule has 0 radical (unpaired) electrons. The molecule has 1 aliphatic rings. The summed E-state index contributed by atoms with van der Waals surface area (Å²) in [6, 6.07) is 14.7. The summed E-state index contributed by atoms with van der Waals surface area (Å²) < 4.78 is 40.4. The molecule has 0 unspecified atom stereocenters. The monoisotopic (exact) mass is 424 g/mol. The van der Waals surface area contributed by atoms with Gasteiger partial charge in [-0.25, -0.2) is 18.6 Å². The average Bonchev–Trinajstić information content (AvgIpc) is 3.29. The highest BCUT2D eigenvalue weighted by molar-refractivity contribution is 5.85. The largest absolute Gasteiger partial charge is 0.474 e. The molecule has 1 N–H and O–H groups in total. The Kier molecular flexibility index (Phi) is 6.40. The number of aromatic nitrogens is 1. The molecule has 0 bridgehead atoms. The molecule has 31 heavy (non-hydrogen) atoms. The first-order valence-corrected chi connectivity index (χ1v) is 10.2. The number of nitrogens with one attached hydrogen (secondary N) is 1. The third-order valence-corrected chi connectivity index (χ3v) is 5.14. The van der Waals surface area contributed by atoms with Gasteiger partial charge in [0, 0.05) is 11.8 Å².